The molecule has 100 valence electrons. The number of aliphatic hydroxyl groups is 2. The van der Waals surface area contributed by atoms with Gasteiger partial charge in [0.2, 0.25) is 17.1 Å². The second kappa shape index (κ2) is 3.20. The first-order valence-electron chi connectivity index (χ1n) is 6.19. The number of benzene rings is 2. The number of Topliss-reactive ketones (excluding diaryl/α,β-unsaturated/α-hetero) is 1. The number of aromatic hydroxyl groups is 1. The lowest BCUT2D eigenvalue weighted by Gasteiger charge is -2.30. The van der Waals surface area contributed by atoms with Gasteiger partial charge in [0.25, 0.3) is 0 Å². The summed E-state index contributed by atoms with van der Waals surface area (Å²) >= 11 is 0. The van der Waals surface area contributed by atoms with E-state index < -0.39 is 17.1 Å². The van der Waals surface area contributed by atoms with Crippen molar-refractivity contribution in [2.45, 2.75) is 11.3 Å². The van der Waals surface area contributed by atoms with Crippen molar-refractivity contribution in [1.29, 1.82) is 0 Å². The number of nitrogens with one attached hydrogen (secondary N) is 1. The number of hydrogen-bond acceptors (Lipinski definition) is 5. The third-order valence-electron chi connectivity index (χ3n) is 4.12. The molecule has 1 aliphatic carbocycles. The zero-order valence-corrected chi connectivity index (χ0v) is 10.3. The monoisotopic (exact) mass is 269 g/mol. The highest BCUT2D eigenvalue weighted by molar-refractivity contribution is 6.11. The lowest BCUT2D eigenvalue weighted by molar-refractivity contribution is -0.101. The summed E-state index contributed by atoms with van der Waals surface area (Å²) in [6.07, 6.45) is 0. The maximum atomic E-state index is 12.5. The van der Waals surface area contributed by atoms with Crippen LogP contribution in [0.15, 0.2) is 42.5 Å². The average molecular weight is 269 g/mol. The highest BCUT2D eigenvalue weighted by Gasteiger charge is 2.67. The van der Waals surface area contributed by atoms with Crippen LogP contribution in [-0.4, -0.2) is 21.1 Å². The van der Waals surface area contributed by atoms with Crippen molar-refractivity contribution in [1.82, 2.24) is 0 Å². The van der Waals surface area contributed by atoms with Gasteiger partial charge in [-0.3, -0.25) is 4.79 Å². The van der Waals surface area contributed by atoms with E-state index in [0.717, 1.165) is 0 Å². The molecule has 0 radical (unpaired) electrons. The van der Waals surface area contributed by atoms with E-state index in [1.807, 2.05) is 0 Å². The second-order valence-electron chi connectivity index (χ2n) is 5.15. The Morgan fingerprint density at radius 2 is 1.75 bits per heavy atom. The lowest BCUT2D eigenvalue weighted by Crippen LogP contribution is -2.49. The van der Waals surface area contributed by atoms with Crippen LogP contribution in [0, 0.1) is 0 Å². The predicted octanol–water partition coefficient (Wildman–Crippen LogP) is 1.05. The Morgan fingerprint density at radius 1 is 1.00 bits per heavy atom. The number of phenolic OH excluding ortho intramolecular Hbond substituents is 1. The molecule has 4 rings (SSSR count). The van der Waals surface area contributed by atoms with E-state index in [-0.39, 0.29) is 11.3 Å². The minimum Gasteiger partial charge on any atom is -0.508 e. The number of ketones is 1. The lowest BCUT2D eigenvalue weighted by atomic mass is 9.86. The maximum absolute atomic E-state index is 12.5. The Labute approximate surface area is 114 Å². The molecule has 1 aliphatic heterocycles. The molecule has 0 amide bonds. The molecule has 0 saturated heterocycles. The van der Waals surface area contributed by atoms with Gasteiger partial charge >= 0.3 is 0 Å². The van der Waals surface area contributed by atoms with Gasteiger partial charge in [-0.25, -0.2) is 0 Å². The van der Waals surface area contributed by atoms with Gasteiger partial charge < -0.3 is 20.6 Å². The van der Waals surface area contributed by atoms with Gasteiger partial charge in [0.1, 0.15) is 5.75 Å². The Kier molecular flexibility index (Phi) is 1.83. The van der Waals surface area contributed by atoms with E-state index in [4.69, 9.17) is 0 Å². The molecule has 0 fully saturated rings. The Bertz CT molecular complexity index is 772. The van der Waals surface area contributed by atoms with Crippen molar-refractivity contribution in [3.05, 3.63) is 59.2 Å². The van der Waals surface area contributed by atoms with Gasteiger partial charge in [0.05, 0.1) is 0 Å². The molecule has 0 bridgehead atoms. The fourth-order valence-electron chi connectivity index (χ4n) is 3.17. The summed E-state index contributed by atoms with van der Waals surface area (Å²) in [5.41, 5.74) is -2.74. The molecule has 0 spiro atoms. The molecule has 1 heterocycles. The molecular formula is C15H11NO4. The predicted molar refractivity (Wildman–Crippen MR) is 70.3 cm³/mol. The highest BCUT2D eigenvalue weighted by Crippen LogP contribution is 2.56. The molecule has 4 N–H and O–H groups in total. The van der Waals surface area contributed by atoms with Gasteiger partial charge in [-0.1, -0.05) is 24.3 Å². The molecular weight excluding hydrogens is 258 g/mol. The molecule has 2 atom stereocenters. The summed E-state index contributed by atoms with van der Waals surface area (Å²) in [5, 5.41) is 34.0. The number of hydrogen-bond donors (Lipinski definition) is 4. The smallest absolute Gasteiger partial charge is 0.207 e. The zero-order valence-electron chi connectivity index (χ0n) is 10.3. The van der Waals surface area contributed by atoms with Gasteiger partial charge in [0.15, 0.2) is 0 Å². The van der Waals surface area contributed by atoms with Crippen LogP contribution < -0.4 is 5.32 Å². The van der Waals surface area contributed by atoms with Gasteiger partial charge in [-0.2, -0.15) is 0 Å². The van der Waals surface area contributed by atoms with E-state index >= 15 is 0 Å². The molecule has 0 saturated carbocycles. The molecule has 20 heavy (non-hydrogen) atoms. The molecule has 5 nitrogen and oxygen atoms in total. The normalized spacial score (nSPS) is 29.6. The molecule has 2 unspecified atom stereocenters. The third-order valence-corrected chi connectivity index (χ3v) is 4.12. The van der Waals surface area contributed by atoms with Gasteiger partial charge in [-0.15, -0.1) is 0 Å². The first-order chi connectivity index (χ1) is 9.48. The summed E-state index contributed by atoms with van der Waals surface area (Å²) in [6, 6.07) is 10.7. The van der Waals surface area contributed by atoms with E-state index in [2.05, 4.69) is 5.32 Å². The third kappa shape index (κ3) is 1.01. The fraction of sp³-hybridized carbons (Fsp3) is 0.133. The van der Waals surface area contributed by atoms with Crippen molar-refractivity contribution >= 4 is 11.5 Å². The number of fused-ring (bicyclic) bond motifs is 5. The van der Waals surface area contributed by atoms with E-state index in [0.29, 0.717) is 16.8 Å². The van der Waals surface area contributed by atoms with Crippen LogP contribution in [0.1, 0.15) is 21.5 Å². The second-order valence-corrected chi connectivity index (χ2v) is 5.15. The quantitative estimate of drug-likeness (QED) is 0.574. The number of anilines is 1. The molecule has 0 aromatic heterocycles. The Hall–Kier alpha value is -2.37. The molecule has 2 aliphatic rings. The first kappa shape index (κ1) is 11.5. The number of phenols is 1. The van der Waals surface area contributed by atoms with Crippen molar-refractivity contribution in [2.24, 2.45) is 0 Å². The number of rotatable bonds is 0. The highest BCUT2D eigenvalue weighted by atomic mass is 16.4. The van der Waals surface area contributed by atoms with Crippen LogP contribution >= 0.6 is 0 Å². The molecule has 2 aromatic rings. The van der Waals surface area contributed by atoms with Crippen molar-refractivity contribution in [3.8, 4) is 5.75 Å². The fourth-order valence-corrected chi connectivity index (χ4v) is 3.17. The summed E-state index contributed by atoms with van der Waals surface area (Å²) in [5.74, 6) is -0.559. The SMILES string of the molecule is O=C1c2ccccc2C2(O)Nc3cc(O)ccc3C12O. The van der Waals surface area contributed by atoms with Crippen LogP contribution in [0.25, 0.3) is 0 Å². The molecule has 5 heteroatoms. The van der Waals surface area contributed by atoms with Crippen molar-refractivity contribution in [3.63, 3.8) is 0 Å². The topological polar surface area (TPSA) is 89.8 Å². The standard InChI is InChI=1S/C15H11NO4/c17-8-5-6-11-12(7-8)16-15(20)10-4-2-1-3-9(10)13(18)14(11,15)19/h1-7,16-17,19-20H. The van der Waals surface area contributed by atoms with Crippen LogP contribution in [0.3, 0.4) is 0 Å². The van der Waals surface area contributed by atoms with Crippen LogP contribution in [0.2, 0.25) is 0 Å². The van der Waals surface area contributed by atoms with Crippen LogP contribution in [0.5, 0.6) is 5.75 Å². The van der Waals surface area contributed by atoms with Gasteiger partial charge in [-0.05, 0) is 12.1 Å². The first-order valence-corrected chi connectivity index (χ1v) is 6.19. The summed E-state index contributed by atoms with van der Waals surface area (Å²) < 4.78 is 0. The minimum atomic E-state index is -2.07. The maximum Gasteiger partial charge on any atom is 0.207 e. The minimum absolute atomic E-state index is 0.0100. The Morgan fingerprint density at radius 3 is 2.55 bits per heavy atom. The van der Waals surface area contributed by atoms with E-state index in [9.17, 15) is 20.1 Å². The summed E-state index contributed by atoms with van der Waals surface area (Å²) in [7, 11) is 0. The number of carbonyl (C=O) groups excluding carboxylic acids is 1. The zero-order chi connectivity index (χ0) is 14.1. The Balaban J connectivity index is 2.05. The summed E-state index contributed by atoms with van der Waals surface area (Å²) in [6.45, 7) is 0. The average Bonchev–Trinajstić information content (AvgIpc) is 2.76. The van der Waals surface area contributed by atoms with Crippen molar-refractivity contribution < 1.29 is 20.1 Å². The van der Waals surface area contributed by atoms with E-state index in [1.165, 1.54) is 18.2 Å². The van der Waals surface area contributed by atoms with Crippen molar-refractivity contribution in [2.75, 3.05) is 5.32 Å². The largest absolute Gasteiger partial charge is 0.508 e. The molecule has 2 aromatic carbocycles. The van der Waals surface area contributed by atoms with Crippen LogP contribution in [-0.2, 0) is 11.3 Å². The number of carbonyl (C=O) groups is 1. The van der Waals surface area contributed by atoms with Crippen LogP contribution in [0.4, 0.5) is 5.69 Å². The van der Waals surface area contributed by atoms with E-state index in [1.54, 1.807) is 24.3 Å². The summed E-state index contributed by atoms with van der Waals surface area (Å²) in [4.78, 5) is 12.5. The van der Waals surface area contributed by atoms with Gasteiger partial charge in [0, 0.05) is 28.4 Å².